The zero-order valence-electron chi connectivity index (χ0n) is 19.3. The van der Waals surface area contributed by atoms with Gasteiger partial charge in [-0.25, -0.2) is 14.8 Å². The van der Waals surface area contributed by atoms with E-state index in [9.17, 15) is 9.90 Å². The summed E-state index contributed by atoms with van der Waals surface area (Å²) in [4.78, 5) is 21.3. The first-order valence-electron chi connectivity index (χ1n) is 11.7. The highest BCUT2D eigenvalue weighted by Crippen LogP contribution is 2.48. The average Bonchev–Trinajstić information content (AvgIpc) is 3.36. The van der Waals surface area contributed by atoms with Crippen molar-refractivity contribution in [2.24, 2.45) is 0 Å². The third-order valence-corrected chi connectivity index (χ3v) is 6.93. The monoisotopic (exact) mass is 473 g/mol. The molecule has 3 aromatic carbocycles. The van der Waals surface area contributed by atoms with Gasteiger partial charge in [0.2, 0.25) is 5.95 Å². The summed E-state index contributed by atoms with van der Waals surface area (Å²) in [5, 5.41) is 16.7. The molecule has 2 aromatic heterocycles. The number of carbonyl (C=O) groups is 1. The fourth-order valence-corrected chi connectivity index (χ4v) is 5.45. The fourth-order valence-electron chi connectivity index (χ4n) is 5.45. The molecule has 0 aliphatic heterocycles. The molecule has 0 fully saturated rings. The number of nitrogens with one attached hydrogen (secondary N) is 1. The Kier molecular flexibility index (Phi) is 5.11. The Bertz CT molecular complexity index is 1470. The number of aromatic nitrogens is 4. The Morgan fingerprint density at radius 1 is 0.750 bits per heavy atom. The maximum atomic E-state index is 11.8. The minimum absolute atomic E-state index is 0.0924. The molecule has 5 aromatic rings. The summed E-state index contributed by atoms with van der Waals surface area (Å²) >= 11 is 0. The van der Waals surface area contributed by atoms with Crippen molar-refractivity contribution >= 4 is 11.9 Å². The largest absolute Gasteiger partial charge is 0.477 e. The number of anilines is 1. The van der Waals surface area contributed by atoms with Gasteiger partial charge in [0.1, 0.15) is 11.4 Å². The van der Waals surface area contributed by atoms with Crippen molar-refractivity contribution < 1.29 is 9.90 Å². The molecule has 1 aliphatic carbocycles. The van der Waals surface area contributed by atoms with Crippen molar-refractivity contribution in [3.8, 4) is 11.4 Å². The van der Waals surface area contributed by atoms with Gasteiger partial charge in [-0.15, -0.1) is 0 Å². The quantitative estimate of drug-likeness (QED) is 0.320. The number of nitrogen functional groups attached to an aromatic ring is 1. The highest BCUT2D eigenvalue weighted by molar-refractivity contribution is 5.90. The van der Waals surface area contributed by atoms with E-state index in [1.165, 1.54) is 0 Å². The van der Waals surface area contributed by atoms with E-state index in [1.807, 2.05) is 54.6 Å². The molecule has 7 nitrogen and oxygen atoms in total. The van der Waals surface area contributed by atoms with Gasteiger partial charge in [-0.1, -0.05) is 91.0 Å². The number of carboxylic acids is 1. The van der Waals surface area contributed by atoms with Crippen LogP contribution in [-0.2, 0) is 18.3 Å². The van der Waals surface area contributed by atoms with E-state index in [1.54, 1.807) is 0 Å². The van der Waals surface area contributed by atoms with E-state index < -0.39 is 11.4 Å². The molecule has 176 valence electrons. The fraction of sp³-hybridized carbons (Fsp3) is 0.103. The standard InChI is InChI=1S/C29H23N5O2/c30-28-31-23-22(17-16-21-24(23)33-34-25(21)27(35)36)26(32-28)29(18-10-4-1-5-11-18,19-12-6-2-7-13-19)20-14-8-3-9-15-20/h1-15H,16-17H2,(H,33,34)(H,35,36)(H2,30,31,32). The zero-order chi connectivity index (χ0) is 24.7. The zero-order valence-corrected chi connectivity index (χ0v) is 19.3. The van der Waals surface area contributed by atoms with Crippen molar-refractivity contribution in [1.29, 1.82) is 0 Å². The van der Waals surface area contributed by atoms with Crippen LogP contribution in [0.4, 0.5) is 5.95 Å². The van der Waals surface area contributed by atoms with Gasteiger partial charge >= 0.3 is 5.97 Å². The van der Waals surface area contributed by atoms with Crippen molar-refractivity contribution in [3.63, 3.8) is 0 Å². The van der Waals surface area contributed by atoms with Gasteiger partial charge in [0.25, 0.3) is 0 Å². The summed E-state index contributed by atoms with van der Waals surface area (Å²) in [5.74, 6) is -0.926. The predicted molar refractivity (Wildman–Crippen MR) is 137 cm³/mol. The van der Waals surface area contributed by atoms with Crippen LogP contribution in [0.1, 0.15) is 44.0 Å². The van der Waals surface area contributed by atoms with Crippen molar-refractivity contribution in [2.75, 3.05) is 5.73 Å². The van der Waals surface area contributed by atoms with Crippen LogP contribution >= 0.6 is 0 Å². The third kappa shape index (κ3) is 3.20. The number of nitrogens with zero attached hydrogens (tertiary/aromatic N) is 3. The van der Waals surface area contributed by atoms with E-state index in [0.717, 1.165) is 27.9 Å². The third-order valence-electron chi connectivity index (χ3n) is 6.93. The summed E-state index contributed by atoms with van der Waals surface area (Å²) in [5.41, 5.74) is 12.2. The van der Waals surface area contributed by atoms with Crippen LogP contribution in [-0.4, -0.2) is 31.2 Å². The lowest BCUT2D eigenvalue weighted by molar-refractivity contribution is 0.0689. The van der Waals surface area contributed by atoms with Gasteiger partial charge in [0.15, 0.2) is 0 Å². The maximum absolute atomic E-state index is 11.8. The molecule has 0 spiro atoms. The molecule has 36 heavy (non-hydrogen) atoms. The smallest absolute Gasteiger partial charge is 0.354 e. The summed E-state index contributed by atoms with van der Waals surface area (Å²) in [6.45, 7) is 0. The van der Waals surface area contributed by atoms with Crippen LogP contribution in [0.25, 0.3) is 11.4 Å². The number of H-pyrrole nitrogens is 1. The van der Waals surface area contributed by atoms with Crippen LogP contribution in [0.3, 0.4) is 0 Å². The van der Waals surface area contributed by atoms with Gasteiger partial charge in [-0.3, -0.25) is 5.10 Å². The first kappa shape index (κ1) is 21.7. The van der Waals surface area contributed by atoms with Gasteiger partial charge in [-0.2, -0.15) is 5.10 Å². The second-order valence-electron chi connectivity index (χ2n) is 8.84. The lowest BCUT2D eigenvalue weighted by Crippen LogP contribution is -2.34. The topological polar surface area (TPSA) is 118 Å². The molecule has 4 N–H and O–H groups in total. The normalized spacial score (nSPS) is 12.6. The Morgan fingerprint density at radius 3 is 1.75 bits per heavy atom. The van der Waals surface area contributed by atoms with Gasteiger partial charge in [0.05, 0.1) is 16.8 Å². The van der Waals surface area contributed by atoms with Crippen LogP contribution in [0.15, 0.2) is 91.0 Å². The Hall–Kier alpha value is -4.78. The highest BCUT2D eigenvalue weighted by Gasteiger charge is 2.43. The van der Waals surface area contributed by atoms with Gasteiger partial charge < -0.3 is 10.8 Å². The second-order valence-corrected chi connectivity index (χ2v) is 8.84. The first-order chi connectivity index (χ1) is 17.6. The second kappa shape index (κ2) is 8.46. The highest BCUT2D eigenvalue weighted by atomic mass is 16.4. The van der Waals surface area contributed by atoms with E-state index >= 15 is 0 Å². The molecule has 0 radical (unpaired) electrons. The molecular weight excluding hydrogens is 450 g/mol. The average molecular weight is 474 g/mol. The van der Waals surface area contributed by atoms with Crippen molar-refractivity contribution in [2.45, 2.75) is 18.3 Å². The minimum atomic E-state index is -1.04. The number of nitrogens with two attached hydrogens (primary N) is 1. The number of hydrogen-bond donors (Lipinski definition) is 3. The van der Waals surface area contributed by atoms with Crippen LogP contribution in [0.5, 0.6) is 0 Å². The lowest BCUT2D eigenvalue weighted by Gasteiger charge is -2.38. The number of benzene rings is 3. The number of fused-ring (bicyclic) bond motifs is 3. The Balaban J connectivity index is 1.74. The SMILES string of the molecule is Nc1nc2c(c(C(c3ccccc3)(c3ccccc3)c3ccccc3)n1)CCc1c-2n[nH]c1C(=O)O. The minimum Gasteiger partial charge on any atom is -0.477 e. The predicted octanol–water partition coefficient (Wildman–Crippen LogP) is 4.63. The molecule has 0 bridgehead atoms. The molecule has 0 unspecified atom stereocenters. The summed E-state index contributed by atoms with van der Waals surface area (Å²) < 4.78 is 0. The molecule has 2 heterocycles. The molecule has 0 amide bonds. The van der Waals surface area contributed by atoms with Crippen molar-refractivity contribution in [1.82, 2.24) is 20.2 Å². The number of hydrogen-bond acceptors (Lipinski definition) is 5. The lowest BCUT2D eigenvalue weighted by atomic mass is 9.65. The molecule has 1 aliphatic rings. The van der Waals surface area contributed by atoms with Crippen molar-refractivity contribution in [3.05, 3.63) is 130 Å². The summed E-state index contributed by atoms with van der Waals surface area (Å²) in [6, 6.07) is 30.8. The number of aromatic carboxylic acids is 1. The Morgan fingerprint density at radius 2 is 1.25 bits per heavy atom. The molecular formula is C29H23N5O2. The summed E-state index contributed by atoms with van der Waals surface area (Å²) in [6.07, 6.45) is 1.07. The number of carboxylic acid groups (broad SMARTS) is 1. The molecule has 7 heteroatoms. The van der Waals surface area contributed by atoms with E-state index in [4.69, 9.17) is 10.7 Å². The van der Waals surface area contributed by atoms with E-state index in [2.05, 4.69) is 51.6 Å². The molecule has 0 saturated carbocycles. The summed E-state index contributed by atoms with van der Waals surface area (Å²) in [7, 11) is 0. The van der Waals surface area contributed by atoms with Crippen LogP contribution in [0, 0.1) is 0 Å². The number of rotatable bonds is 5. The first-order valence-corrected chi connectivity index (χ1v) is 11.7. The van der Waals surface area contributed by atoms with E-state index in [-0.39, 0.29) is 11.6 Å². The maximum Gasteiger partial charge on any atom is 0.354 e. The molecule has 0 saturated heterocycles. The number of aromatic amines is 1. The van der Waals surface area contributed by atoms with E-state index in [0.29, 0.717) is 29.8 Å². The molecule has 0 atom stereocenters. The van der Waals surface area contributed by atoms with Crippen LogP contribution < -0.4 is 5.73 Å². The Labute approximate surface area is 207 Å². The van der Waals surface area contributed by atoms with Gasteiger partial charge in [0, 0.05) is 11.1 Å². The van der Waals surface area contributed by atoms with Gasteiger partial charge in [-0.05, 0) is 29.5 Å². The van der Waals surface area contributed by atoms with Crippen LogP contribution in [0.2, 0.25) is 0 Å². The molecule has 6 rings (SSSR count).